The maximum Gasteiger partial charge on any atom is 0.416 e. The Labute approximate surface area is 181 Å². The number of nitrogens with zero attached hydrogens (tertiary/aromatic N) is 2. The number of anilines is 1. The molecule has 1 aromatic heterocycles. The molecule has 1 N–H and O–H groups in total. The third-order valence-corrected chi connectivity index (χ3v) is 6.54. The number of carboxylic acids is 1. The number of rotatable bonds is 6. The van der Waals surface area contributed by atoms with Crippen LogP contribution in [0.5, 0.6) is 5.75 Å². The van der Waals surface area contributed by atoms with Gasteiger partial charge >= 0.3 is 12.1 Å². The number of aromatic nitrogens is 1. The SMILES string of the molecule is O=C(O)c1cccc(OCCC2CCN(c3nc4ccc(C(F)(F)F)cc4s3)CC2)c1. The topological polar surface area (TPSA) is 62.7 Å². The van der Waals surface area contributed by atoms with E-state index in [9.17, 15) is 18.0 Å². The number of halogens is 3. The van der Waals surface area contributed by atoms with Crippen LogP contribution in [-0.4, -0.2) is 35.8 Å². The van der Waals surface area contributed by atoms with E-state index in [1.165, 1.54) is 35.6 Å². The van der Waals surface area contributed by atoms with Crippen molar-refractivity contribution >= 4 is 32.7 Å². The van der Waals surface area contributed by atoms with Crippen molar-refractivity contribution < 1.29 is 27.8 Å². The van der Waals surface area contributed by atoms with Crippen LogP contribution >= 0.6 is 11.3 Å². The number of hydrogen-bond donors (Lipinski definition) is 1. The minimum Gasteiger partial charge on any atom is -0.494 e. The molecule has 31 heavy (non-hydrogen) atoms. The number of carboxylic acid groups (broad SMARTS) is 1. The molecule has 0 unspecified atom stereocenters. The highest BCUT2D eigenvalue weighted by atomic mass is 32.1. The predicted octanol–water partition coefficient (Wildman–Crippen LogP) is 5.70. The van der Waals surface area contributed by atoms with E-state index in [0.29, 0.717) is 28.5 Å². The van der Waals surface area contributed by atoms with Crippen molar-refractivity contribution in [3.63, 3.8) is 0 Å². The van der Waals surface area contributed by atoms with Crippen LogP contribution in [0.3, 0.4) is 0 Å². The molecule has 0 bridgehead atoms. The van der Waals surface area contributed by atoms with E-state index in [1.807, 2.05) is 0 Å². The van der Waals surface area contributed by atoms with Crippen LogP contribution in [0.15, 0.2) is 42.5 Å². The van der Waals surface area contributed by atoms with Crippen molar-refractivity contribution in [3.8, 4) is 5.75 Å². The zero-order valence-corrected chi connectivity index (χ0v) is 17.4. The number of hydrogen-bond acceptors (Lipinski definition) is 5. The van der Waals surface area contributed by atoms with Crippen molar-refractivity contribution in [2.75, 3.05) is 24.6 Å². The van der Waals surface area contributed by atoms with Crippen LogP contribution in [0.25, 0.3) is 10.2 Å². The van der Waals surface area contributed by atoms with Gasteiger partial charge in [-0.15, -0.1) is 0 Å². The first-order valence-electron chi connectivity index (χ1n) is 9.98. The minimum atomic E-state index is -4.35. The van der Waals surface area contributed by atoms with Crippen LogP contribution in [0.1, 0.15) is 35.2 Å². The zero-order chi connectivity index (χ0) is 22.0. The first-order valence-corrected chi connectivity index (χ1v) is 10.8. The van der Waals surface area contributed by atoms with Gasteiger partial charge in [-0.2, -0.15) is 13.2 Å². The third-order valence-electron chi connectivity index (χ3n) is 5.47. The molecule has 2 aromatic carbocycles. The fraction of sp³-hybridized carbons (Fsp3) is 0.364. The van der Waals surface area contributed by atoms with Gasteiger partial charge in [0.05, 0.1) is 28.0 Å². The van der Waals surface area contributed by atoms with Crippen molar-refractivity contribution in [3.05, 3.63) is 53.6 Å². The number of carbonyl (C=O) groups is 1. The predicted molar refractivity (Wildman–Crippen MR) is 113 cm³/mol. The van der Waals surface area contributed by atoms with Gasteiger partial charge in [0.25, 0.3) is 0 Å². The first kappa shape index (κ1) is 21.4. The average molecular weight is 450 g/mol. The molecule has 1 aliphatic rings. The van der Waals surface area contributed by atoms with E-state index in [1.54, 1.807) is 12.1 Å². The minimum absolute atomic E-state index is 0.198. The Balaban J connectivity index is 1.29. The molecule has 1 aliphatic heterocycles. The van der Waals surface area contributed by atoms with E-state index >= 15 is 0 Å². The van der Waals surface area contributed by atoms with Gasteiger partial charge in [0.2, 0.25) is 0 Å². The molecule has 9 heteroatoms. The van der Waals surface area contributed by atoms with Gasteiger partial charge in [-0.05, 0) is 61.6 Å². The summed E-state index contributed by atoms with van der Waals surface area (Å²) in [7, 11) is 0. The second-order valence-electron chi connectivity index (χ2n) is 7.58. The number of benzene rings is 2. The number of thiazole rings is 1. The van der Waals surface area contributed by atoms with E-state index < -0.39 is 17.7 Å². The summed E-state index contributed by atoms with van der Waals surface area (Å²) in [5, 5.41) is 9.80. The molecule has 1 saturated heterocycles. The van der Waals surface area contributed by atoms with E-state index in [2.05, 4.69) is 9.88 Å². The van der Waals surface area contributed by atoms with Crippen LogP contribution in [0.4, 0.5) is 18.3 Å². The van der Waals surface area contributed by atoms with E-state index in [-0.39, 0.29) is 5.56 Å². The molecular formula is C22H21F3N2O3S. The van der Waals surface area contributed by atoms with Crippen LogP contribution in [0.2, 0.25) is 0 Å². The summed E-state index contributed by atoms with van der Waals surface area (Å²) in [4.78, 5) is 17.7. The summed E-state index contributed by atoms with van der Waals surface area (Å²) in [6.07, 6.45) is -1.60. The molecule has 0 amide bonds. The smallest absolute Gasteiger partial charge is 0.416 e. The van der Waals surface area contributed by atoms with Gasteiger partial charge in [-0.3, -0.25) is 0 Å². The third kappa shape index (κ3) is 5.10. The van der Waals surface area contributed by atoms with Crippen molar-refractivity contribution in [2.45, 2.75) is 25.4 Å². The van der Waals surface area contributed by atoms with Crippen LogP contribution in [0, 0.1) is 5.92 Å². The second kappa shape index (κ2) is 8.74. The largest absolute Gasteiger partial charge is 0.494 e. The van der Waals surface area contributed by atoms with Crippen molar-refractivity contribution in [1.82, 2.24) is 4.98 Å². The summed E-state index contributed by atoms with van der Waals surface area (Å²) < 4.78 is 45.0. The fourth-order valence-corrected chi connectivity index (χ4v) is 4.76. The summed E-state index contributed by atoms with van der Waals surface area (Å²) in [6, 6.07) is 10.1. The summed E-state index contributed by atoms with van der Waals surface area (Å²) in [5.74, 6) is 0.0393. The van der Waals surface area contributed by atoms with Crippen LogP contribution in [-0.2, 0) is 6.18 Å². The molecule has 0 atom stereocenters. The molecule has 0 radical (unpaired) electrons. The van der Waals surface area contributed by atoms with Gasteiger partial charge in [-0.25, -0.2) is 9.78 Å². The summed E-state index contributed by atoms with van der Waals surface area (Å²) >= 11 is 1.30. The molecule has 3 aromatic rings. The van der Waals surface area contributed by atoms with Gasteiger partial charge in [0.15, 0.2) is 5.13 Å². The molecule has 2 heterocycles. The maximum absolute atomic E-state index is 12.9. The zero-order valence-electron chi connectivity index (χ0n) is 16.6. The standard InChI is InChI=1S/C22H21F3N2O3S/c23-22(24,25)16-4-5-18-19(13-16)31-21(26-18)27-9-6-14(7-10-27)8-11-30-17-3-1-2-15(12-17)20(28)29/h1-5,12-14H,6-11H2,(H,28,29). The monoisotopic (exact) mass is 450 g/mol. The Bertz CT molecular complexity index is 1080. The Morgan fingerprint density at radius 1 is 1.19 bits per heavy atom. The lowest BCUT2D eigenvalue weighted by atomic mass is 9.94. The number of piperidine rings is 1. The second-order valence-corrected chi connectivity index (χ2v) is 8.59. The molecule has 0 aliphatic carbocycles. The Hall–Kier alpha value is -2.81. The quantitative estimate of drug-likeness (QED) is 0.522. The molecule has 0 spiro atoms. The fourth-order valence-electron chi connectivity index (χ4n) is 3.70. The first-order chi connectivity index (χ1) is 14.8. The number of fused-ring (bicyclic) bond motifs is 1. The highest BCUT2D eigenvalue weighted by Crippen LogP contribution is 2.36. The summed E-state index contributed by atoms with van der Waals surface area (Å²) in [6.45, 7) is 2.10. The lowest BCUT2D eigenvalue weighted by molar-refractivity contribution is -0.137. The van der Waals surface area contributed by atoms with Crippen molar-refractivity contribution in [1.29, 1.82) is 0 Å². The molecule has 1 fully saturated rings. The molecule has 5 nitrogen and oxygen atoms in total. The highest BCUT2D eigenvalue weighted by Gasteiger charge is 2.31. The summed E-state index contributed by atoms with van der Waals surface area (Å²) in [5.41, 5.74) is 0.138. The average Bonchev–Trinajstić information content (AvgIpc) is 3.17. The lowest BCUT2D eigenvalue weighted by Crippen LogP contribution is -2.34. The molecular weight excluding hydrogens is 429 g/mol. The number of ether oxygens (including phenoxy) is 1. The van der Waals surface area contributed by atoms with Crippen molar-refractivity contribution in [2.24, 2.45) is 5.92 Å². The van der Waals surface area contributed by atoms with Crippen LogP contribution < -0.4 is 9.64 Å². The Kier molecular flexibility index (Phi) is 6.04. The number of alkyl halides is 3. The maximum atomic E-state index is 12.9. The lowest BCUT2D eigenvalue weighted by Gasteiger charge is -2.31. The van der Waals surface area contributed by atoms with Gasteiger partial charge in [0, 0.05) is 13.1 Å². The normalized spacial score (nSPS) is 15.4. The molecule has 4 rings (SSSR count). The highest BCUT2D eigenvalue weighted by molar-refractivity contribution is 7.22. The van der Waals surface area contributed by atoms with E-state index in [4.69, 9.17) is 9.84 Å². The Morgan fingerprint density at radius 2 is 1.97 bits per heavy atom. The van der Waals surface area contributed by atoms with Gasteiger partial charge < -0.3 is 14.7 Å². The Morgan fingerprint density at radius 3 is 2.68 bits per heavy atom. The number of aromatic carboxylic acids is 1. The van der Waals surface area contributed by atoms with E-state index in [0.717, 1.165) is 43.5 Å². The van der Waals surface area contributed by atoms with Gasteiger partial charge in [-0.1, -0.05) is 17.4 Å². The molecule has 0 saturated carbocycles. The molecule has 164 valence electrons. The van der Waals surface area contributed by atoms with Gasteiger partial charge in [0.1, 0.15) is 5.75 Å².